The predicted octanol–water partition coefficient (Wildman–Crippen LogP) is 2.96. The predicted molar refractivity (Wildman–Crippen MR) is 85.5 cm³/mol. The van der Waals surface area contributed by atoms with Gasteiger partial charge in [-0.1, -0.05) is 34.6 Å². The van der Waals surface area contributed by atoms with Crippen molar-refractivity contribution in [3.63, 3.8) is 0 Å². The number of sulfonamides is 1. The molecule has 6 heteroatoms. The molecule has 0 aliphatic heterocycles. The largest absolute Gasteiger partial charge is 0.310 e. The first-order chi connectivity index (χ1) is 9.26. The lowest BCUT2D eigenvalue weighted by Crippen LogP contribution is -2.37. The Morgan fingerprint density at radius 1 is 1.25 bits per heavy atom. The van der Waals surface area contributed by atoms with Crippen molar-refractivity contribution in [3.8, 4) is 0 Å². The summed E-state index contributed by atoms with van der Waals surface area (Å²) in [5, 5.41) is 5.19. The summed E-state index contributed by atoms with van der Waals surface area (Å²) in [6.45, 7) is 10.9. The maximum absolute atomic E-state index is 12.3. The zero-order valence-electron chi connectivity index (χ0n) is 12.9. The van der Waals surface area contributed by atoms with E-state index in [9.17, 15) is 8.42 Å². The van der Waals surface area contributed by atoms with E-state index in [1.165, 1.54) is 11.3 Å². The number of nitrogens with one attached hydrogen (secondary N) is 2. The Labute approximate surface area is 127 Å². The van der Waals surface area contributed by atoms with Crippen LogP contribution < -0.4 is 10.0 Å². The van der Waals surface area contributed by atoms with E-state index in [0.29, 0.717) is 16.8 Å². The number of thiophene rings is 1. The highest BCUT2D eigenvalue weighted by Crippen LogP contribution is 2.21. The van der Waals surface area contributed by atoms with E-state index in [-0.39, 0.29) is 12.0 Å². The molecule has 4 nitrogen and oxygen atoms in total. The van der Waals surface area contributed by atoms with Crippen LogP contribution in [0.4, 0.5) is 0 Å². The fourth-order valence-corrected chi connectivity index (χ4v) is 4.55. The third-order valence-electron chi connectivity index (χ3n) is 3.16. The Bertz CT molecular complexity index is 507. The van der Waals surface area contributed by atoms with E-state index in [1.807, 2.05) is 26.2 Å². The van der Waals surface area contributed by atoms with Crippen LogP contribution in [-0.2, 0) is 16.6 Å². The second-order valence-corrected chi connectivity index (χ2v) is 8.54. The van der Waals surface area contributed by atoms with Gasteiger partial charge in [-0.15, -0.1) is 11.3 Å². The minimum Gasteiger partial charge on any atom is -0.310 e. The van der Waals surface area contributed by atoms with E-state index in [1.54, 1.807) is 6.07 Å². The van der Waals surface area contributed by atoms with Crippen LogP contribution in [0.15, 0.2) is 15.7 Å². The molecule has 1 heterocycles. The van der Waals surface area contributed by atoms with Gasteiger partial charge in [-0.3, -0.25) is 0 Å². The Morgan fingerprint density at radius 3 is 2.40 bits per heavy atom. The van der Waals surface area contributed by atoms with Crippen molar-refractivity contribution in [3.05, 3.63) is 17.0 Å². The lowest BCUT2D eigenvalue weighted by Gasteiger charge is -2.19. The van der Waals surface area contributed by atoms with Crippen LogP contribution in [0, 0.1) is 5.92 Å². The van der Waals surface area contributed by atoms with Gasteiger partial charge in [-0.25, -0.2) is 13.1 Å². The minimum atomic E-state index is -3.39. The van der Waals surface area contributed by atoms with E-state index in [4.69, 9.17) is 0 Å². The molecule has 0 bridgehead atoms. The molecule has 0 fully saturated rings. The quantitative estimate of drug-likeness (QED) is 0.775. The summed E-state index contributed by atoms with van der Waals surface area (Å²) in [7, 11) is -3.39. The Hall–Kier alpha value is -0.430. The molecule has 0 aliphatic carbocycles. The number of hydrogen-bond donors (Lipinski definition) is 2. The third-order valence-corrected chi connectivity index (χ3v) is 6.14. The number of rotatable bonds is 8. The van der Waals surface area contributed by atoms with Crippen molar-refractivity contribution in [2.75, 3.05) is 0 Å². The average Bonchev–Trinajstić information content (AvgIpc) is 2.82. The highest BCUT2D eigenvalue weighted by atomic mass is 32.2. The SMILES string of the molecule is CCC(NS(=O)(=O)c1cc(CNC(C)C)cs1)C(C)C. The third kappa shape index (κ3) is 5.16. The molecule has 0 aromatic carbocycles. The fraction of sp³-hybridized carbons (Fsp3) is 0.714. The number of hydrogen-bond acceptors (Lipinski definition) is 4. The van der Waals surface area contributed by atoms with Crippen LogP contribution in [0.2, 0.25) is 0 Å². The van der Waals surface area contributed by atoms with Crippen molar-refractivity contribution >= 4 is 21.4 Å². The summed E-state index contributed by atoms with van der Waals surface area (Å²) in [4.78, 5) is 0. The first-order valence-electron chi connectivity index (χ1n) is 7.09. The molecule has 0 aliphatic rings. The molecule has 0 amide bonds. The monoisotopic (exact) mass is 318 g/mol. The average molecular weight is 319 g/mol. The van der Waals surface area contributed by atoms with Crippen molar-refractivity contribution in [2.45, 2.75) is 63.9 Å². The zero-order valence-corrected chi connectivity index (χ0v) is 14.6. The molecule has 1 unspecified atom stereocenters. The molecular weight excluding hydrogens is 292 g/mol. The highest BCUT2D eigenvalue weighted by molar-refractivity contribution is 7.91. The van der Waals surface area contributed by atoms with Crippen LogP contribution in [-0.4, -0.2) is 20.5 Å². The van der Waals surface area contributed by atoms with Crippen molar-refractivity contribution < 1.29 is 8.42 Å². The molecule has 0 radical (unpaired) electrons. The van der Waals surface area contributed by atoms with Crippen LogP contribution in [0.1, 0.15) is 46.6 Å². The lowest BCUT2D eigenvalue weighted by atomic mass is 10.0. The van der Waals surface area contributed by atoms with Crippen molar-refractivity contribution in [2.24, 2.45) is 5.92 Å². The zero-order chi connectivity index (χ0) is 15.3. The van der Waals surface area contributed by atoms with E-state index in [2.05, 4.69) is 23.9 Å². The molecule has 116 valence electrons. The minimum absolute atomic E-state index is 0.0145. The van der Waals surface area contributed by atoms with Gasteiger partial charge in [0.1, 0.15) is 4.21 Å². The summed E-state index contributed by atoms with van der Waals surface area (Å²) < 4.78 is 27.9. The van der Waals surface area contributed by atoms with Gasteiger partial charge in [-0.05, 0) is 29.3 Å². The molecule has 1 aromatic rings. The summed E-state index contributed by atoms with van der Waals surface area (Å²) in [5.41, 5.74) is 1.02. The molecular formula is C14H26N2O2S2. The smallest absolute Gasteiger partial charge is 0.250 e. The van der Waals surface area contributed by atoms with Gasteiger partial charge in [0, 0.05) is 18.6 Å². The Morgan fingerprint density at radius 2 is 1.90 bits per heavy atom. The molecule has 1 atom stereocenters. The first-order valence-corrected chi connectivity index (χ1v) is 9.45. The van der Waals surface area contributed by atoms with Gasteiger partial charge in [0.15, 0.2) is 0 Å². The maximum atomic E-state index is 12.3. The van der Waals surface area contributed by atoms with Crippen LogP contribution in [0.3, 0.4) is 0 Å². The van der Waals surface area contributed by atoms with Crippen LogP contribution >= 0.6 is 11.3 Å². The lowest BCUT2D eigenvalue weighted by molar-refractivity contribution is 0.438. The Balaban J connectivity index is 2.77. The van der Waals surface area contributed by atoms with Gasteiger partial charge < -0.3 is 5.32 Å². The normalized spacial score (nSPS) is 14.2. The standard InChI is InChI=1S/C14H26N2O2S2/c1-6-13(10(2)3)16-20(17,18)14-7-12(9-19-14)8-15-11(4)5/h7,9-11,13,15-16H,6,8H2,1-5H3. The second kappa shape index (κ2) is 7.54. The second-order valence-electron chi connectivity index (χ2n) is 5.69. The summed E-state index contributed by atoms with van der Waals surface area (Å²) in [5.74, 6) is 0.289. The van der Waals surface area contributed by atoms with Gasteiger partial charge in [0.25, 0.3) is 0 Å². The van der Waals surface area contributed by atoms with Crippen LogP contribution in [0.5, 0.6) is 0 Å². The molecule has 1 aromatic heterocycles. The highest BCUT2D eigenvalue weighted by Gasteiger charge is 2.22. The summed E-state index contributed by atoms with van der Waals surface area (Å²) in [6, 6.07) is 2.13. The van der Waals surface area contributed by atoms with Gasteiger partial charge >= 0.3 is 0 Å². The maximum Gasteiger partial charge on any atom is 0.250 e. The summed E-state index contributed by atoms with van der Waals surface area (Å²) in [6.07, 6.45) is 0.796. The first kappa shape index (κ1) is 17.6. The molecule has 20 heavy (non-hydrogen) atoms. The molecule has 0 saturated carbocycles. The Kier molecular flexibility index (Phi) is 6.64. The molecule has 2 N–H and O–H groups in total. The van der Waals surface area contributed by atoms with Crippen LogP contribution in [0.25, 0.3) is 0 Å². The van der Waals surface area contributed by atoms with E-state index in [0.717, 1.165) is 12.0 Å². The van der Waals surface area contributed by atoms with Crippen molar-refractivity contribution in [1.29, 1.82) is 0 Å². The van der Waals surface area contributed by atoms with Gasteiger partial charge in [-0.2, -0.15) is 0 Å². The topological polar surface area (TPSA) is 58.2 Å². The fourth-order valence-electron chi connectivity index (χ4n) is 1.86. The van der Waals surface area contributed by atoms with E-state index < -0.39 is 10.0 Å². The molecule has 0 spiro atoms. The van der Waals surface area contributed by atoms with Gasteiger partial charge in [0.05, 0.1) is 0 Å². The molecule has 0 saturated heterocycles. The van der Waals surface area contributed by atoms with E-state index >= 15 is 0 Å². The van der Waals surface area contributed by atoms with Crippen molar-refractivity contribution in [1.82, 2.24) is 10.0 Å². The summed E-state index contributed by atoms with van der Waals surface area (Å²) >= 11 is 1.28. The molecule has 1 rings (SSSR count). The van der Waals surface area contributed by atoms with Gasteiger partial charge in [0.2, 0.25) is 10.0 Å².